The van der Waals surface area contributed by atoms with Crippen molar-refractivity contribution >= 4 is 23.6 Å². The topological polar surface area (TPSA) is 55.8 Å². The summed E-state index contributed by atoms with van der Waals surface area (Å²) in [6.07, 6.45) is 5.86. The zero-order valence-electron chi connectivity index (χ0n) is 22.3. The number of hydrogen-bond acceptors (Lipinski definition) is 5. The largest absolute Gasteiger partial charge is 0.462 e. The van der Waals surface area contributed by atoms with E-state index in [1.807, 2.05) is 73.7 Å². The Labute approximate surface area is 230 Å². The lowest BCUT2D eigenvalue weighted by Crippen LogP contribution is -2.32. The lowest BCUT2D eigenvalue weighted by molar-refractivity contribution is -0.130. The summed E-state index contributed by atoms with van der Waals surface area (Å²) in [6, 6.07) is 25.5. The Hall–Kier alpha value is -3.25. The third-order valence-corrected chi connectivity index (χ3v) is 8.21. The molecule has 1 saturated heterocycles. The number of aryl methyl sites for hydroxylation is 1. The summed E-state index contributed by atoms with van der Waals surface area (Å²) in [7, 11) is 0. The van der Waals surface area contributed by atoms with Crippen LogP contribution < -0.4 is 4.74 Å². The van der Waals surface area contributed by atoms with Crippen molar-refractivity contribution in [1.29, 1.82) is 0 Å². The van der Waals surface area contributed by atoms with Gasteiger partial charge in [0.2, 0.25) is 5.91 Å². The van der Waals surface area contributed by atoms with Crippen molar-refractivity contribution in [3.8, 4) is 11.5 Å². The van der Waals surface area contributed by atoms with Crippen molar-refractivity contribution in [3.63, 3.8) is 0 Å². The predicted octanol–water partition coefficient (Wildman–Crippen LogP) is 7.81. The van der Waals surface area contributed by atoms with Gasteiger partial charge in [-0.1, -0.05) is 62.2 Å². The number of carbonyl (C=O) groups is 2. The number of ether oxygens (including phenoxy) is 2. The first-order valence-corrected chi connectivity index (χ1v) is 14.6. The molecular formula is C32H37NO4S. The molecule has 6 heteroatoms. The Balaban J connectivity index is 1.39. The van der Waals surface area contributed by atoms with Crippen molar-refractivity contribution in [2.75, 3.05) is 13.2 Å². The number of unbranched alkanes of at least 4 members (excludes halogenated alkanes) is 2. The zero-order valence-corrected chi connectivity index (χ0v) is 23.1. The number of rotatable bonds is 13. The van der Waals surface area contributed by atoms with E-state index in [0.717, 1.165) is 62.1 Å². The average Bonchev–Trinajstić information content (AvgIpc) is 3.26. The molecule has 0 N–H and O–H groups in total. The fraction of sp³-hybridized carbons (Fsp3) is 0.375. The fourth-order valence-corrected chi connectivity index (χ4v) is 6.17. The van der Waals surface area contributed by atoms with Crippen LogP contribution >= 0.6 is 11.8 Å². The molecule has 0 radical (unpaired) electrons. The number of thioether (sulfide) groups is 1. The molecule has 2 atom stereocenters. The molecule has 0 aliphatic carbocycles. The van der Waals surface area contributed by atoms with E-state index >= 15 is 0 Å². The molecule has 1 aliphatic heterocycles. The van der Waals surface area contributed by atoms with Crippen LogP contribution in [-0.4, -0.2) is 35.2 Å². The van der Waals surface area contributed by atoms with Crippen LogP contribution in [0.5, 0.6) is 11.5 Å². The molecule has 0 saturated carbocycles. The maximum atomic E-state index is 13.4. The molecule has 1 heterocycles. The maximum Gasteiger partial charge on any atom is 0.338 e. The van der Waals surface area contributed by atoms with Crippen molar-refractivity contribution in [2.24, 2.45) is 0 Å². The highest BCUT2D eigenvalue weighted by Crippen LogP contribution is 2.45. The highest BCUT2D eigenvalue weighted by Gasteiger charge is 2.40. The molecule has 0 unspecified atom stereocenters. The molecule has 5 nitrogen and oxygen atoms in total. The summed E-state index contributed by atoms with van der Waals surface area (Å²) < 4.78 is 11.1. The third-order valence-electron chi connectivity index (χ3n) is 6.66. The first-order chi connectivity index (χ1) is 18.6. The number of nitrogens with zero attached hydrogens (tertiary/aromatic N) is 1. The van der Waals surface area contributed by atoms with E-state index in [1.165, 1.54) is 5.56 Å². The normalized spacial score (nSPS) is 17.0. The van der Waals surface area contributed by atoms with Gasteiger partial charge in [0, 0.05) is 6.54 Å². The highest BCUT2D eigenvalue weighted by molar-refractivity contribution is 8.01. The SMILES string of the molecule is CCCC[C@H]1S[C@H](c2cccc(Oc3ccccc3)c2)N(CCCCc2ccc(C(=O)OCC)cc2)C1=O. The lowest BCUT2D eigenvalue weighted by atomic mass is 10.1. The van der Waals surface area contributed by atoms with E-state index in [2.05, 4.69) is 24.0 Å². The molecule has 3 aromatic rings. The van der Waals surface area contributed by atoms with Gasteiger partial charge in [-0.25, -0.2) is 4.79 Å². The summed E-state index contributed by atoms with van der Waals surface area (Å²) in [5.41, 5.74) is 2.86. The molecule has 1 fully saturated rings. The van der Waals surface area contributed by atoms with Gasteiger partial charge in [0.1, 0.15) is 16.9 Å². The monoisotopic (exact) mass is 531 g/mol. The quantitative estimate of drug-likeness (QED) is 0.166. The Morgan fingerprint density at radius 3 is 2.39 bits per heavy atom. The second kappa shape index (κ2) is 14.1. The average molecular weight is 532 g/mol. The third kappa shape index (κ3) is 7.41. The number of esters is 1. The van der Waals surface area contributed by atoms with Gasteiger partial charge < -0.3 is 14.4 Å². The summed E-state index contributed by atoms with van der Waals surface area (Å²) >= 11 is 1.77. The standard InChI is InChI=1S/C32H37NO4S/c1-3-5-17-29-30(34)33(22-10-9-12-24-18-20-25(21-19-24)32(35)36-4-2)31(38-29)26-13-11-16-28(23-26)37-27-14-7-6-8-15-27/h6-8,11,13-16,18-21,23,29,31H,3-5,9-10,12,17,22H2,1-2H3/t29-,31-/m1/s1. The van der Waals surface area contributed by atoms with Crippen LogP contribution in [0.2, 0.25) is 0 Å². The maximum absolute atomic E-state index is 13.4. The fourth-order valence-electron chi connectivity index (χ4n) is 4.64. The summed E-state index contributed by atoms with van der Waals surface area (Å²) in [4.78, 5) is 27.4. The highest BCUT2D eigenvalue weighted by atomic mass is 32.2. The van der Waals surface area contributed by atoms with Crippen molar-refractivity contribution in [2.45, 2.75) is 63.0 Å². The van der Waals surface area contributed by atoms with E-state index in [0.29, 0.717) is 12.2 Å². The van der Waals surface area contributed by atoms with Crippen LogP contribution in [0.1, 0.15) is 72.8 Å². The van der Waals surface area contributed by atoms with Gasteiger partial charge in [-0.2, -0.15) is 0 Å². The van der Waals surface area contributed by atoms with Crippen molar-refractivity contribution < 1.29 is 19.1 Å². The van der Waals surface area contributed by atoms with Gasteiger partial charge >= 0.3 is 5.97 Å². The first kappa shape index (κ1) is 27.8. The van der Waals surface area contributed by atoms with Crippen molar-refractivity contribution in [1.82, 2.24) is 4.90 Å². The van der Waals surface area contributed by atoms with Gasteiger partial charge in [0.15, 0.2) is 0 Å². The molecule has 0 spiro atoms. The molecule has 200 valence electrons. The van der Waals surface area contributed by atoms with Crippen LogP contribution in [0.25, 0.3) is 0 Å². The van der Waals surface area contributed by atoms with Crippen molar-refractivity contribution in [3.05, 3.63) is 95.6 Å². The number of benzene rings is 3. The molecule has 3 aromatic carbocycles. The Kier molecular flexibility index (Phi) is 10.3. The first-order valence-electron chi connectivity index (χ1n) is 13.6. The van der Waals surface area contributed by atoms with Crippen LogP contribution in [0, 0.1) is 0 Å². The number of carbonyl (C=O) groups excluding carboxylic acids is 2. The van der Waals surface area contributed by atoms with Gasteiger partial charge in [0.05, 0.1) is 17.4 Å². The van der Waals surface area contributed by atoms with E-state index in [-0.39, 0.29) is 22.5 Å². The summed E-state index contributed by atoms with van der Waals surface area (Å²) in [5.74, 6) is 1.55. The molecule has 4 rings (SSSR count). The number of amides is 1. The van der Waals surface area contributed by atoms with Gasteiger partial charge in [0.25, 0.3) is 0 Å². The molecular weight excluding hydrogens is 494 g/mol. The van der Waals surface area contributed by atoms with Crippen LogP contribution in [0.15, 0.2) is 78.9 Å². The molecule has 1 amide bonds. The minimum atomic E-state index is -0.286. The van der Waals surface area contributed by atoms with Crippen LogP contribution in [0.3, 0.4) is 0 Å². The smallest absolute Gasteiger partial charge is 0.338 e. The molecule has 0 aromatic heterocycles. The van der Waals surface area contributed by atoms with Crippen LogP contribution in [0.4, 0.5) is 0 Å². The lowest BCUT2D eigenvalue weighted by Gasteiger charge is -2.24. The Bertz CT molecular complexity index is 1180. The van der Waals surface area contributed by atoms with E-state index < -0.39 is 0 Å². The minimum absolute atomic E-state index is 0.00691. The molecule has 1 aliphatic rings. The number of para-hydroxylation sites is 1. The zero-order chi connectivity index (χ0) is 26.7. The van der Waals surface area contributed by atoms with Gasteiger partial charge in [-0.3, -0.25) is 4.79 Å². The molecule has 38 heavy (non-hydrogen) atoms. The predicted molar refractivity (Wildman–Crippen MR) is 154 cm³/mol. The Morgan fingerprint density at radius 1 is 0.895 bits per heavy atom. The van der Waals surface area contributed by atoms with E-state index in [1.54, 1.807) is 11.8 Å². The number of hydrogen-bond donors (Lipinski definition) is 0. The van der Waals surface area contributed by atoms with E-state index in [9.17, 15) is 9.59 Å². The Morgan fingerprint density at radius 2 is 1.66 bits per heavy atom. The summed E-state index contributed by atoms with van der Waals surface area (Å²) in [5, 5.41) is 0.00149. The molecule has 0 bridgehead atoms. The minimum Gasteiger partial charge on any atom is -0.462 e. The van der Waals surface area contributed by atoms with Gasteiger partial charge in [-0.05, 0) is 80.1 Å². The van der Waals surface area contributed by atoms with E-state index in [4.69, 9.17) is 9.47 Å². The van der Waals surface area contributed by atoms with Crippen LogP contribution in [-0.2, 0) is 16.0 Å². The second-order valence-corrected chi connectivity index (χ2v) is 10.8. The van der Waals surface area contributed by atoms with Gasteiger partial charge in [-0.15, -0.1) is 11.8 Å². The summed E-state index contributed by atoms with van der Waals surface area (Å²) in [6.45, 7) is 5.08. The second-order valence-electron chi connectivity index (χ2n) is 9.51.